The molecule has 3 N–H and O–H groups in total. The smallest absolute Gasteiger partial charge is 0.320 e. The molecule has 7 heteroatoms. The van der Waals surface area contributed by atoms with Gasteiger partial charge in [0, 0.05) is 18.0 Å². The highest BCUT2D eigenvalue weighted by molar-refractivity contribution is 7.09. The second-order valence-corrected chi connectivity index (χ2v) is 3.05. The van der Waals surface area contributed by atoms with Crippen LogP contribution in [0.15, 0.2) is 11.6 Å². The third kappa shape index (κ3) is 5.05. The molecule has 76 valence electrons. The van der Waals surface area contributed by atoms with Crippen LogP contribution in [0, 0.1) is 0 Å². The number of carboxylic acid groups (broad SMARTS) is 1. The van der Waals surface area contributed by atoms with Crippen molar-refractivity contribution in [2.24, 2.45) is 5.73 Å². The van der Waals surface area contributed by atoms with E-state index in [1.165, 1.54) is 11.3 Å². The van der Waals surface area contributed by atoms with Crippen molar-refractivity contribution in [2.45, 2.75) is 12.5 Å². The molecule has 0 radical (unpaired) electrons. The summed E-state index contributed by atoms with van der Waals surface area (Å²) in [4.78, 5) is 14.2. The molecule has 0 aliphatic rings. The average Bonchev–Trinajstić information content (AvgIpc) is 2.39. The average molecular weight is 245 g/mol. The Morgan fingerprint density at radius 3 is 2.69 bits per heavy atom. The Kier molecular flexibility index (Phi) is 8.24. The largest absolute Gasteiger partial charge is 0.480 e. The summed E-state index contributed by atoms with van der Waals surface area (Å²) in [7, 11) is 0. The minimum Gasteiger partial charge on any atom is -0.480 e. The highest BCUT2D eigenvalue weighted by Crippen LogP contribution is 2.05. The van der Waals surface area contributed by atoms with Gasteiger partial charge in [-0.3, -0.25) is 4.79 Å². The van der Waals surface area contributed by atoms with Crippen LogP contribution in [0.3, 0.4) is 0 Å². The fourth-order valence-electron chi connectivity index (χ4n) is 0.629. The van der Waals surface area contributed by atoms with Gasteiger partial charge in [-0.25, -0.2) is 4.98 Å². The number of hydrogen-bond donors (Lipinski definition) is 2. The number of hydrogen-bond acceptors (Lipinski definition) is 4. The van der Waals surface area contributed by atoms with Gasteiger partial charge < -0.3 is 10.8 Å². The van der Waals surface area contributed by atoms with E-state index in [4.69, 9.17) is 10.8 Å². The van der Waals surface area contributed by atoms with Crippen LogP contribution in [0.2, 0.25) is 0 Å². The van der Waals surface area contributed by atoms with Crippen molar-refractivity contribution in [1.29, 1.82) is 0 Å². The molecule has 0 spiro atoms. The van der Waals surface area contributed by atoms with Crippen molar-refractivity contribution in [3.8, 4) is 0 Å². The Labute approximate surface area is 92.0 Å². The minimum absolute atomic E-state index is 0. The van der Waals surface area contributed by atoms with E-state index in [0.29, 0.717) is 6.42 Å². The quantitative estimate of drug-likeness (QED) is 0.830. The number of halogens is 2. The second kappa shape index (κ2) is 7.08. The first-order valence-electron chi connectivity index (χ1n) is 3.07. The van der Waals surface area contributed by atoms with Crippen LogP contribution < -0.4 is 5.73 Å². The fourth-order valence-corrected chi connectivity index (χ4v) is 1.31. The van der Waals surface area contributed by atoms with Crippen molar-refractivity contribution in [3.05, 3.63) is 16.6 Å². The molecule has 0 saturated carbocycles. The summed E-state index contributed by atoms with van der Waals surface area (Å²) in [6.45, 7) is 0. The predicted molar refractivity (Wildman–Crippen MR) is 55.9 cm³/mol. The van der Waals surface area contributed by atoms with Gasteiger partial charge >= 0.3 is 5.97 Å². The maximum atomic E-state index is 10.3. The molecule has 4 nitrogen and oxygen atoms in total. The van der Waals surface area contributed by atoms with Crippen LogP contribution in [-0.4, -0.2) is 22.1 Å². The molecule has 1 aromatic rings. The highest BCUT2D eigenvalue weighted by Gasteiger charge is 2.12. The fraction of sp³-hybridized carbons (Fsp3) is 0.333. The first kappa shape index (κ1) is 15.1. The zero-order valence-corrected chi connectivity index (χ0v) is 8.99. The van der Waals surface area contributed by atoms with E-state index in [1.807, 2.05) is 0 Å². The van der Waals surface area contributed by atoms with Crippen LogP contribution in [0.5, 0.6) is 0 Å². The summed E-state index contributed by atoms with van der Waals surface area (Å²) in [6, 6.07) is -0.832. The van der Waals surface area contributed by atoms with E-state index in [9.17, 15) is 4.79 Å². The van der Waals surface area contributed by atoms with Crippen LogP contribution in [0.25, 0.3) is 0 Å². The molecule has 0 amide bonds. The lowest BCUT2D eigenvalue weighted by molar-refractivity contribution is -0.138. The molecule has 0 aliphatic carbocycles. The second-order valence-electron chi connectivity index (χ2n) is 2.07. The van der Waals surface area contributed by atoms with Gasteiger partial charge in [0.05, 0.1) is 5.01 Å². The maximum absolute atomic E-state index is 10.3. The monoisotopic (exact) mass is 244 g/mol. The van der Waals surface area contributed by atoms with E-state index in [2.05, 4.69) is 4.98 Å². The molecule has 0 saturated heterocycles. The van der Waals surface area contributed by atoms with Crippen molar-refractivity contribution in [2.75, 3.05) is 0 Å². The van der Waals surface area contributed by atoms with E-state index < -0.39 is 12.0 Å². The molecule has 1 atom stereocenters. The van der Waals surface area contributed by atoms with E-state index in [1.54, 1.807) is 11.6 Å². The molecular formula is C6H10Cl2N2O2S. The van der Waals surface area contributed by atoms with Gasteiger partial charge in [-0.2, -0.15) is 0 Å². The molecule has 1 rings (SSSR count). The Morgan fingerprint density at radius 2 is 2.31 bits per heavy atom. The molecule has 1 aromatic heterocycles. The van der Waals surface area contributed by atoms with Crippen LogP contribution in [-0.2, 0) is 11.2 Å². The number of rotatable bonds is 3. The topological polar surface area (TPSA) is 76.2 Å². The third-order valence-electron chi connectivity index (χ3n) is 1.20. The van der Waals surface area contributed by atoms with Crippen molar-refractivity contribution >= 4 is 42.1 Å². The number of aliphatic carboxylic acids is 1. The van der Waals surface area contributed by atoms with Gasteiger partial charge in [0.25, 0.3) is 0 Å². The Morgan fingerprint density at radius 1 is 1.69 bits per heavy atom. The molecule has 0 aromatic carbocycles. The summed E-state index contributed by atoms with van der Waals surface area (Å²) in [5.41, 5.74) is 5.27. The summed E-state index contributed by atoms with van der Waals surface area (Å²) < 4.78 is 0. The molecule has 1 heterocycles. The number of nitrogens with two attached hydrogens (primary N) is 1. The lowest BCUT2D eigenvalue weighted by Gasteiger charge is -2.01. The molecule has 0 aliphatic heterocycles. The number of carbonyl (C=O) groups is 1. The third-order valence-corrected chi connectivity index (χ3v) is 2.00. The molecule has 0 bridgehead atoms. The molecule has 1 unspecified atom stereocenters. The molecule has 0 fully saturated rings. The summed E-state index contributed by atoms with van der Waals surface area (Å²) in [6.07, 6.45) is 1.95. The van der Waals surface area contributed by atoms with E-state index >= 15 is 0 Å². The van der Waals surface area contributed by atoms with Crippen LogP contribution >= 0.6 is 36.2 Å². The van der Waals surface area contributed by atoms with Crippen LogP contribution in [0.1, 0.15) is 5.01 Å². The zero-order valence-electron chi connectivity index (χ0n) is 6.54. The van der Waals surface area contributed by atoms with E-state index in [0.717, 1.165) is 5.01 Å². The lowest BCUT2D eigenvalue weighted by atomic mass is 10.2. The van der Waals surface area contributed by atoms with Crippen molar-refractivity contribution in [1.82, 2.24) is 4.98 Å². The summed E-state index contributed by atoms with van der Waals surface area (Å²) in [5.74, 6) is -0.986. The summed E-state index contributed by atoms with van der Waals surface area (Å²) >= 11 is 1.41. The molecule has 13 heavy (non-hydrogen) atoms. The van der Waals surface area contributed by atoms with Gasteiger partial charge in [-0.15, -0.1) is 36.2 Å². The predicted octanol–water partition coefficient (Wildman–Crippen LogP) is 0.941. The lowest BCUT2D eigenvalue weighted by Crippen LogP contribution is -2.32. The van der Waals surface area contributed by atoms with Gasteiger partial charge in [0.2, 0.25) is 0 Å². The van der Waals surface area contributed by atoms with Gasteiger partial charge in [0.15, 0.2) is 0 Å². The Hall–Kier alpha value is -0.360. The SMILES string of the molecule is Cl.Cl.NC(Cc1nccs1)C(=O)O. The summed E-state index contributed by atoms with van der Waals surface area (Å²) in [5, 5.41) is 11.0. The van der Waals surface area contributed by atoms with E-state index in [-0.39, 0.29) is 24.8 Å². The Balaban J connectivity index is 0. The Bertz CT molecular complexity index is 243. The standard InChI is InChI=1S/C6H8N2O2S.2ClH/c7-4(6(9)10)3-5-8-1-2-11-5;;/h1-2,4H,3,7H2,(H,9,10);2*1H. The highest BCUT2D eigenvalue weighted by atomic mass is 35.5. The number of nitrogens with zero attached hydrogens (tertiary/aromatic N) is 1. The van der Waals surface area contributed by atoms with Crippen molar-refractivity contribution in [3.63, 3.8) is 0 Å². The van der Waals surface area contributed by atoms with Gasteiger partial charge in [-0.1, -0.05) is 0 Å². The first-order chi connectivity index (χ1) is 5.20. The zero-order chi connectivity index (χ0) is 8.27. The maximum Gasteiger partial charge on any atom is 0.320 e. The van der Waals surface area contributed by atoms with Crippen LogP contribution in [0.4, 0.5) is 0 Å². The first-order valence-corrected chi connectivity index (χ1v) is 3.95. The van der Waals surface area contributed by atoms with Gasteiger partial charge in [0.1, 0.15) is 6.04 Å². The normalized spacial score (nSPS) is 10.8. The van der Waals surface area contributed by atoms with Gasteiger partial charge in [-0.05, 0) is 0 Å². The number of aromatic nitrogens is 1. The van der Waals surface area contributed by atoms with Crippen molar-refractivity contribution < 1.29 is 9.90 Å². The number of carboxylic acids is 1. The number of thiazole rings is 1. The minimum atomic E-state index is -0.986. The molecular weight excluding hydrogens is 235 g/mol.